The van der Waals surface area contributed by atoms with Crippen LogP contribution in [-0.2, 0) is 14.3 Å². The molecule has 2 amide bonds. The van der Waals surface area contributed by atoms with Crippen LogP contribution in [0.5, 0.6) is 0 Å². The minimum Gasteiger partial charge on any atom is -0.486 e. The predicted octanol–water partition coefficient (Wildman–Crippen LogP) is 1.42. The molecule has 1 atom stereocenters. The maximum absolute atomic E-state index is 12.9. The highest BCUT2D eigenvalue weighted by molar-refractivity contribution is 8.03. The minimum absolute atomic E-state index is 0.268. The van der Waals surface area contributed by atoms with Gasteiger partial charge in [-0.15, -0.1) is 11.8 Å². The molecule has 3 aliphatic heterocycles. The zero-order chi connectivity index (χ0) is 19.0. The van der Waals surface area contributed by atoms with E-state index >= 15 is 0 Å². The Morgan fingerprint density at radius 2 is 2.07 bits per heavy atom. The predicted molar refractivity (Wildman–Crippen MR) is 101 cm³/mol. The second-order valence-electron chi connectivity index (χ2n) is 6.79. The van der Waals surface area contributed by atoms with E-state index in [1.54, 1.807) is 17.2 Å². The average Bonchev–Trinajstić information content (AvgIpc) is 2.95. The Hall–Kier alpha value is -2.26. The summed E-state index contributed by atoms with van der Waals surface area (Å²) in [5, 5.41) is 0. The quantitative estimate of drug-likeness (QED) is 0.756. The fraction of sp³-hybridized carbons (Fsp3) is 0.500. The standard InChI is InChI=1S/C18H22N4O4S/c1-12-3-4-13(19-11-12)22-16(23)14-15(27-10-9-25-14)17(22)26-18(24)21-7-5-20(2)6-8-21/h3-4,11,17H,5-10H2,1-2H3. The van der Waals surface area contributed by atoms with Gasteiger partial charge in [0.25, 0.3) is 5.91 Å². The van der Waals surface area contributed by atoms with Gasteiger partial charge >= 0.3 is 6.09 Å². The van der Waals surface area contributed by atoms with Crippen LogP contribution in [0.2, 0.25) is 0 Å². The number of ether oxygens (including phenoxy) is 2. The number of aromatic nitrogens is 1. The van der Waals surface area contributed by atoms with Gasteiger partial charge in [-0.25, -0.2) is 14.7 Å². The van der Waals surface area contributed by atoms with E-state index in [9.17, 15) is 9.59 Å². The number of hydrogen-bond donors (Lipinski definition) is 0. The molecule has 4 heterocycles. The molecule has 3 aliphatic rings. The molecule has 1 saturated heterocycles. The Balaban J connectivity index is 1.59. The van der Waals surface area contributed by atoms with Crippen molar-refractivity contribution in [2.24, 2.45) is 0 Å². The fourth-order valence-electron chi connectivity index (χ4n) is 3.21. The first-order valence-electron chi connectivity index (χ1n) is 8.94. The number of hydrogen-bond acceptors (Lipinski definition) is 7. The molecular weight excluding hydrogens is 368 g/mol. The van der Waals surface area contributed by atoms with Crippen LogP contribution in [0.4, 0.5) is 10.6 Å². The molecule has 9 heteroatoms. The summed E-state index contributed by atoms with van der Waals surface area (Å²) in [6.07, 6.45) is 0.436. The highest BCUT2D eigenvalue weighted by Gasteiger charge is 2.46. The number of amides is 2. The summed E-state index contributed by atoms with van der Waals surface area (Å²) in [5.74, 6) is 1.11. The van der Waals surface area contributed by atoms with E-state index in [0.29, 0.717) is 36.2 Å². The number of nitrogens with zero attached hydrogens (tertiary/aromatic N) is 4. The van der Waals surface area contributed by atoms with E-state index in [1.165, 1.54) is 16.7 Å². The lowest BCUT2D eigenvalue weighted by molar-refractivity contribution is -0.118. The number of thioether (sulfide) groups is 1. The van der Waals surface area contributed by atoms with Gasteiger partial charge in [-0.05, 0) is 25.6 Å². The van der Waals surface area contributed by atoms with Crippen molar-refractivity contribution in [1.82, 2.24) is 14.8 Å². The van der Waals surface area contributed by atoms with Crippen LogP contribution < -0.4 is 4.90 Å². The van der Waals surface area contributed by atoms with Gasteiger partial charge in [0.2, 0.25) is 6.23 Å². The first-order valence-corrected chi connectivity index (χ1v) is 9.93. The number of likely N-dealkylation sites (N-methyl/N-ethyl adjacent to an activating group) is 1. The molecule has 1 fully saturated rings. The van der Waals surface area contributed by atoms with Crippen LogP contribution in [0.3, 0.4) is 0 Å². The lowest BCUT2D eigenvalue weighted by Crippen LogP contribution is -2.49. The van der Waals surface area contributed by atoms with E-state index in [1.807, 2.05) is 20.0 Å². The Kier molecular flexibility index (Phi) is 4.96. The molecule has 1 aromatic rings. The SMILES string of the molecule is Cc1ccc(N2C(=O)C3=C(SCCO3)C2OC(=O)N2CCN(C)CC2)nc1. The average molecular weight is 390 g/mol. The number of pyridine rings is 1. The number of piperazine rings is 1. The van der Waals surface area contributed by atoms with Crippen LogP contribution in [0.25, 0.3) is 0 Å². The van der Waals surface area contributed by atoms with Gasteiger partial charge in [-0.3, -0.25) is 4.79 Å². The van der Waals surface area contributed by atoms with Crippen molar-refractivity contribution in [2.45, 2.75) is 13.2 Å². The van der Waals surface area contributed by atoms with Gasteiger partial charge in [-0.2, -0.15) is 0 Å². The number of anilines is 1. The summed E-state index contributed by atoms with van der Waals surface area (Å²) in [4.78, 5) is 35.9. The maximum Gasteiger partial charge on any atom is 0.412 e. The third-order valence-electron chi connectivity index (χ3n) is 4.80. The van der Waals surface area contributed by atoms with Crippen molar-refractivity contribution in [3.05, 3.63) is 34.6 Å². The maximum atomic E-state index is 12.9. The normalized spacial score (nSPS) is 23.3. The molecular formula is C18H22N4O4S. The van der Waals surface area contributed by atoms with Crippen molar-refractivity contribution in [1.29, 1.82) is 0 Å². The second-order valence-corrected chi connectivity index (χ2v) is 7.92. The molecule has 1 aromatic heterocycles. The molecule has 0 aromatic carbocycles. The summed E-state index contributed by atoms with van der Waals surface area (Å²) in [6.45, 7) is 5.20. The summed E-state index contributed by atoms with van der Waals surface area (Å²) in [5.41, 5.74) is 0.986. The van der Waals surface area contributed by atoms with Crippen LogP contribution in [0.15, 0.2) is 29.0 Å². The Morgan fingerprint density at radius 3 is 2.78 bits per heavy atom. The molecule has 0 aliphatic carbocycles. The molecule has 0 bridgehead atoms. The molecule has 0 N–H and O–H groups in total. The molecule has 0 saturated carbocycles. The van der Waals surface area contributed by atoms with Gasteiger partial charge in [0.15, 0.2) is 5.76 Å². The van der Waals surface area contributed by atoms with Gasteiger partial charge in [0.05, 0.1) is 11.5 Å². The monoisotopic (exact) mass is 390 g/mol. The van der Waals surface area contributed by atoms with E-state index < -0.39 is 12.3 Å². The largest absolute Gasteiger partial charge is 0.486 e. The molecule has 27 heavy (non-hydrogen) atoms. The highest BCUT2D eigenvalue weighted by Crippen LogP contribution is 2.40. The third-order valence-corrected chi connectivity index (χ3v) is 5.87. The van der Waals surface area contributed by atoms with Crippen LogP contribution in [0.1, 0.15) is 5.56 Å². The highest BCUT2D eigenvalue weighted by atomic mass is 32.2. The van der Waals surface area contributed by atoms with Crippen molar-refractivity contribution in [3.63, 3.8) is 0 Å². The van der Waals surface area contributed by atoms with Crippen LogP contribution in [-0.4, -0.2) is 78.6 Å². The zero-order valence-corrected chi connectivity index (χ0v) is 16.2. The Bertz CT molecular complexity index is 774. The smallest absolute Gasteiger partial charge is 0.412 e. The van der Waals surface area contributed by atoms with Crippen molar-refractivity contribution in [2.75, 3.05) is 50.5 Å². The summed E-state index contributed by atoms with van der Waals surface area (Å²) in [6, 6.07) is 3.63. The molecule has 4 rings (SSSR count). The zero-order valence-electron chi connectivity index (χ0n) is 15.4. The number of rotatable bonds is 2. The van der Waals surface area contributed by atoms with Crippen LogP contribution in [0, 0.1) is 6.92 Å². The molecule has 1 unspecified atom stereocenters. The number of carbonyl (C=O) groups is 2. The fourth-order valence-corrected chi connectivity index (χ4v) is 4.17. The molecule has 144 valence electrons. The second kappa shape index (κ2) is 7.40. The van der Waals surface area contributed by atoms with E-state index in [2.05, 4.69) is 9.88 Å². The van der Waals surface area contributed by atoms with Crippen molar-refractivity contribution < 1.29 is 19.1 Å². The Labute approximate surface area is 162 Å². The lowest BCUT2D eigenvalue weighted by Gasteiger charge is -2.33. The van der Waals surface area contributed by atoms with Gasteiger partial charge in [0.1, 0.15) is 5.82 Å². The molecule has 0 radical (unpaired) electrons. The topological polar surface area (TPSA) is 75.2 Å². The van der Waals surface area contributed by atoms with E-state index in [4.69, 9.17) is 9.47 Å². The third kappa shape index (κ3) is 3.49. The van der Waals surface area contributed by atoms with E-state index in [-0.39, 0.29) is 11.7 Å². The van der Waals surface area contributed by atoms with Gasteiger partial charge in [-0.1, -0.05) is 6.07 Å². The van der Waals surface area contributed by atoms with Gasteiger partial charge < -0.3 is 19.3 Å². The summed E-state index contributed by atoms with van der Waals surface area (Å²) in [7, 11) is 2.02. The minimum atomic E-state index is -0.833. The van der Waals surface area contributed by atoms with Crippen molar-refractivity contribution in [3.8, 4) is 0 Å². The molecule has 0 spiro atoms. The number of carbonyl (C=O) groups excluding carboxylic acids is 2. The Morgan fingerprint density at radius 1 is 1.30 bits per heavy atom. The van der Waals surface area contributed by atoms with Crippen LogP contribution >= 0.6 is 11.8 Å². The van der Waals surface area contributed by atoms with Gasteiger partial charge in [0, 0.05) is 38.1 Å². The summed E-state index contributed by atoms with van der Waals surface area (Å²) >= 11 is 1.50. The first-order chi connectivity index (χ1) is 13.0. The molecule has 8 nitrogen and oxygen atoms in total. The first kappa shape index (κ1) is 18.1. The number of aryl methyl sites for hydroxylation is 1. The van der Waals surface area contributed by atoms with Crippen molar-refractivity contribution >= 4 is 29.6 Å². The lowest BCUT2D eigenvalue weighted by atomic mass is 10.3. The summed E-state index contributed by atoms with van der Waals surface area (Å²) < 4.78 is 11.4. The van der Waals surface area contributed by atoms with E-state index in [0.717, 1.165) is 18.7 Å².